The van der Waals surface area contributed by atoms with E-state index < -0.39 is 0 Å². The summed E-state index contributed by atoms with van der Waals surface area (Å²) in [5, 5.41) is 2.82. The summed E-state index contributed by atoms with van der Waals surface area (Å²) in [4.78, 5) is 26.4. The fraction of sp³-hybridized carbons (Fsp3) is 0.167. The number of nitrogens with one attached hydrogen (secondary N) is 1. The Bertz CT molecular complexity index is 1070. The van der Waals surface area contributed by atoms with Crippen LogP contribution in [0, 0.1) is 5.82 Å². The first-order chi connectivity index (χ1) is 15.1. The van der Waals surface area contributed by atoms with Crippen LogP contribution in [0.1, 0.15) is 5.56 Å². The number of hydrogen-bond donors (Lipinski definition) is 1. The second-order valence-electron chi connectivity index (χ2n) is 7.03. The number of halogens is 1. The van der Waals surface area contributed by atoms with Crippen molar-refractivity contribution in [2.24, 2.45) is 0 Å². The lowest BCUT2D eigenvalue weighted by atomic mass is 10.1. The van der Waals surface area contributed by atoms with Gasteiger partial charge in [0.25, 0.3) is 5.91 Å². The molecule has 0 unspecified atom stereocenters. The molecule has 0 aromatic heterocycles. The highest BCUT2D eigenvalue weighted by molar-refractivity contribution is 5.99. The summed E-state index contributed by atoms with van der Waals surface area (Å²) >= 11 is 0. The number of carbonyl (C=O) groups excluding carboxylic acids is 2. The second-order valence-corrected chi connectivity index (χ2v) is 7.03. The quantitative estimate of drug-likeness (QED) is 0.631. The first-order valence-electron chi connectivity index (χ1n) is 9.88. The van der Waals surface area contributed by atoms with E-state index in [0.717, 1.165) is 5.75 Å². The first-order valence-corrected chi connectivity index (χ1v) is 9.88. The Hall–Kier alpha value is -3.87. The summed E-state index contributed by atoms with van der Waals surface area (Å²) in [6.45, 7) is 0.613. The van der Waals surface area contributed by atoms with Crippen LogP contribution in [0.25, 0.3) is 0 Å². The average Bonchev–Trinajstić information content (AvgIpc) is 2.77. The molecule has 0 saturated carbocycles. The number of rotatable bonds is 7. The largest absolute Gasteiger partial charge is 0.492 e. The molecule has 1 N–H and O–H groups in total. The molecule has 0 spiro atoms. The molecule has 1 aliphatic rings. The van der Waals surface area contributed by atoms with Crippen LogP contribution in [0.3, 0.4) is 0 Å². The van der Waals surface area contributed by atoms with E-state index in [0.29, 0.717) is 35.8 Å². The molecule has 2 amide bonds. The van der Waals surface area contributed by atoms with Crippen LogP contribution in [0.5, 0.6) is 11.5 Å². The molecule has 0 atom stereocenters. The van der Waals surface area contributed by atoms with Crippen LogP contribution in [0.15, 0.2) is 72.8 Å². The Kier molecular flexibility index (Phi) is 6.12. The van der Waals surface area contributed by atoms with Gasteiger partial charge in [0, 0.05) is 5.69 Å². The maximum atomic E-state index is 13.0. The molecule has 3 aromatic carbocycles. The van der Waals surface area contributed by atoms with Crippen LogP contribution < -0.4 is 19.7 Å². The second kappa shape index (κ2) is 9.30. The van der Waals surface area contributed by atoms with E-state index in [2.05, 4.69) is 5.32 Å². The molecular weight excluding hydrogens is 399 g/mol. The number of benzene rings is 3. The van der Waals surface area contributed by atoms with Gasteiger partial charge in [-0.2, -0.15) is 0 Å². The minimum Gasteiger partial charge on any atom is -0.492 e. The highest BCUT2D eigenvalue weighted by Crippen LogP contribution is 2.34. The number of ether oxygens (including phenoxy) is 2. The topological polar surface area (TPSA) is 67.9 Å². The number of para-hydroxylation sites is 1. The molecule has 158 valence electrons. The van der Waals surface area contributed by atoms with Crippen LogP contribution in [-0.2, 0) is 16.0 Å². The van der Waals surface area contributed by atoms with Crippen molar-refractivity contribution in [3.63, 3.8) is 0 Å². The normalized spacial score (nSPS) is 12.7. The molecule has 0 fully saturated rings. The molecule has 1 aliphatic heterocycles. The maximum Gasteiger partial charge on any atom is 0.265 e. The molecule has 0 saturated heterocycles. The Morgan fingerprint density at radius 3 is 2.61 bits per heavy atom. The highest BCUT2D eigenvalue weighted by Gasteiger charge is 2.26. The number of fused-ring (bicyclic) bond motifs is 1. The maximum absolute atomic E-state index is 13.0. The van der Waals surface area contributed by atoms with E-state index in [1.54, 1.807) is 35.2 Å². The minimum absolute atomic E-state index is 0.0470. The lowest BCUT2D eigenvalue weighted by Crippen LogP contribution is -2.41. The van der Waals surface area contributed by atoms with Crippen molar-refractivity contribution in [3.8, 4) is 11.5 Å². The monoisotopic (exact) mass is 420 g/mol. The van der Waals surface area contributed by atoms with Gasteiger partial charge in [-0.15, -0.1) is 0 Å². The van der Waals surface area contributed by atoms with Crippen molar-refractivity contribution in [1.29, 1.82) is 0 Å². The lowest BCUT2D eigenvalue weighted by molar-refractivity contribution is -0.121. The molecule has 1 heterocycles. The van der Waals surface area contributed by atoms with Crippen LogP contribution in [0.4, 0.5) is 15.8 Å². The molecule has 0 radical (unpaired) electrons. The van der Waals surface area contributed by atoms with Crippen molar-refractivity contribution in [2.75, 3.05) is 30.0 Å². The zero-order valence-corrected chi connectivity index (χ0v) is 16.7. The van der Waals surface area contributed by atoms with Gasteiger partial charge in [0.1, 0.15) is 23.9 Å². The van der Waals surface area contributed by atoms with Gasteiger partial charge in [-0.25, -0.2) is 4.39 Å². The molecule has 3 aromatic rings. The molecule has 7 heteroatoms. The van der Waals surface area contributed by atoms with Crippen LogP contribution >= 0.6 is 0 Å². The zero-order valence-electron chi connectivity index (χ0n) is 16.7. The molecule has 31 heavy (non-hydrogen) atoms. The van der Waals surface area contributed by atoms with Crippen molar-refractivity contribution in [2.45, 2.75) is 6.42 Å². The first kappa shape index (κ1) is 20.4. The fourth-order valence-corrected chi connectivity index (χ4v) is 3.29. The Balaban J connectivity index is 1.43. The van der Waals surface area contributed by atoms with Gasteiger partial charge in [-0.1, -0.05) is 30.3 Å². The number of nitrogens with zero attached hydrogens (tertiary/aromatic N) is 1. The average molecular weight is 420 g/mol. The zero-order chi connectivity index (χ0) is 21.6. The Morgan fingerprint density at radius 2 is 1.84 bits per heavy atom. The molecule has 4 rings (SSSR count). The minimum atomic E-state index is -0.347. The number of amides is 2. The molecule has 0 aliphatic carbocycles. The van der Waals surface area contributed by atoms with E-state index >= 15 is 0 Å². The Morgan fingerprint density at radius 1 is 1.06 bits per heavy atom. The van der Waals surface area contributed by atoms with E-state index in [9.17, 15) is 14.0 Å². The van der Waals surface area contributed by atoms with Gasteiger partial charge >= 0.3 is 0 Å². The molecular formula is C24H21FN2O4. The lowest BCUT2D eigenvalue weighted by Gasteiger charge is -2.29. The third-order valence-electron chi connectivity index (χ3n) is 4.79. The fourth-order valence-electron chi connectivity index (χ4n) is 3.29. The summed E-state index contributed by atoms with van der Waals surface area (Å²) < 4.78 is 24.3. The van der Waals surface area contributed by atoms with Gasteiger partial charge in [0.15, 0.2) is 6.61 Å². The third kappa shape index (κ3) is 5.19. The van der Waals surface area contributed by atoms with Crippen molar-refractivity contribution < 1.29 is 23.5 Å². The number of anilines is 2. The highest BCUT2D eigenvalue weighted by atomic mass is 19.1. The predicted molar refractivity (Wildman–Crippen MR) is 115 cm³/mol. The van der Waals surface area contributed by atoms with Crippen LogP contribution in [0.2, 0.25) is 0 Å². The molecule has 6 nitrogen and oxygen atoms in total. The van der Waals surface area contributed by atoms with Crippen LogP contribution in [-0.4, -0.2) is 31.6 Å². The summed E-state index contributed by atoms with van der Waals surface area (Å²) in [7, 11) is 0. The smallest absolute Gasteiger partial charge is 0.265 e. The summed E-state index contributed by atoms with van der Waals surface area (Å²) in [6, 6.07) is 20.3. The summed E-state index contributed by atoms with van der Waals surface area (Å²) in [5.74, 6) is 0.522. The standard InChI is InChI=1S/C24H21FN2O4/c25-18-8-6-17(7-9-18)14-23(28)26-19-10-11-22-21(15-19)27(24(29)16-31-22)12-13-30-20-4-2-1-3-5-20/h1-11,15H,12-14,16H2,(H,26,28). The van der Waals surface area contributed by atoms with E-state index in [-0.39, 0.29) is 30.7 Å². The SMILES string of the molecule is O=C(Cc1ccc(F)cc1)Nc1ccc2c(c1)N(CCOc1ccccc1)C(=O)CO2. The predicted octanol–water partition coefficient (Wildman–Crippen LogP) is 3.81. The number of hydrogen-bond acceptors (Lipinski definition) is 4. The summed E-state index contributed by atoms with van der Waals surface area (Å²) in [5.41, 5.74) is 1.82. The van der Waals surface area contributed by atoms with Crippen molar-refractivity contribution in [3.05, 3.63) is 84.2 Å². The van der Waals surface area contributed by atoms with E-state index in [1.165, 1.54) is 12.1 Å². The van der Waals surface area contributed by atoms with E-state index in [4.69, 9.17) is 9.47 Å². The van der Waals surface area contributed by atoms with E-state index in [1.807, 2.05) is 30.3 Å². The van der Waals surface area contributed by atoms with Gasteiger partial charge in [-0.3, -0.25) is 9.59 Å². The molecule has 0 bridgehead atoms. The van der Waals surface area contributed by atoms with Gasteiger partial charge in [-0.05, 0) is 48.0 Å². The summed E-state index contributed by atoms with van der Waals surface area (Å²) in [6.07, 6.45) is 0.113. The Labute approximate surface area is 179 Å². The van der Waals surface area contributed by atoms with Crippen molar-refractivity contribution in [1.82, 2.24) is 0 Å². The third-order valence-corrected chi connectivity index (χ3v) is 4.79. The number of carbonyl (C=O) groups is 2. The van der Waals surface area contributed by atoms with Gasteiger partial charge < -0.3 is 19.7 Å². The van der Waals surface area contributed by atoms with Gasteiger partial charge in [0.05, 0.1) is 18.7 Å². The van der Waals surface area contributed by atoms with Crippen molar-refractivity contribution >= 4 is 23.2 Å². The van der Waals surface area contributed by atoms with Gasteiger partial charge in [0.2, 0.25) is 5.91 Å².